The van der Waals surface area contributed by atoms with Gasteiger partial charge in [0.15, 0.2) is 0 Å². The molecule has 1 aromatic heterocycles. The van der Waals surface area contributed by atoms with Gasteiger partial charge in [-0.1, -0.05) is 0 Å². The standard InChI is InChI=1S/C10H12FNO3/c1-6-5-7(2)12(4-3-11)9(13)8(6)10(14)15/h5H,3-4H2,1-2H3,(H,14,15). The fourth-order valence-electron chi connectivity index (χ4n) is 1.55. The van der Waals surface area contributed by atoms with E-state index in [4.69, 9.17) is 5.11 Å². The molecule has 15 heavy (non-hydrogen) atoms. The molecular formula is C10H12FNO3. The van der Waals surface area contributed by atoms with Gasteiger partial charge in [-0.15, -0.1) is 0 Å². The predicted octanol–water partition coefficient (Wildman–Crippen LogP) is 1.13. The van der Waals surface area contributed by atoms with Gasteiger partial charge in [-0.2, -0.15) is 0 Å². The van der Waals surface area contributed by atoms with Gasteiger partial charge in [0, 0.05) is 5.69 Å². The van der Waals surface area contributed by atoms with Crippen molar-refractivity contribution in [3.05, 3.63) is 33.2 Å². The highest BCUT2D eigenvalue weighted by atomic mass is 19.1. The fourth-order valence-corrected chi connectivity index (χ4v) is 1.55. The lowest BCUT2D eigenvalue weighted by Gasteiger charge is -2.10. The summed E-state index contributed by atoms with van der Waals surface area (Å²) < 4.78 is 13.3. The Morgan fingerprint density at radius 1 is 1.53 bits per heavy atom. The van der Waals surface area contributed by atoms with Crippen LogP contribution in [0.2, 0.25) is 0 Å². The van der Waals surface area contributed by atoms with Crippen LogP contribution in [0.1, 0.15) is 21.6 Å². The van der Waals surface area contributed by atoms with Gasteiger partial charge in [0.05, 0.1) is 6.54 Å². The lowest BCUT2D eigenvalue weighted by Crippen LogP contribution is -2.29. The minimum atomic E-state index is -1.27. The van der Waals surface area contributed by atoms with Crippen LogP contribution in [0.25, 0.3) is 0 Å². The van der Waals surface area contributed by atoms with Crippen molar-refractivity contribution in [2.45, 2.75) is 20.4 Å². The second-order valence-electron chi connectivity index (χ2n) is 3.29. The van der Waals surface area contributed by atoms with Crippen LogP contribution in [-0.2, 0) is 6.54 Å². The molecule has 0 spiro atoms. The average molecular weight is 213 g/mol. The van der Waals surface area contributed by atoms with E-state index in [1.807, 2.05) is 0 Å². The SMILES string of the molecule is Cc1cc(C)n(CCF)c(=O)c1C(=O)O. The third kappa shape index (κ3) is 2.06. The summed E-state index contributed by atoms with van der Waals surface area (Å²) >= 11 is 0. The smallest absolute Gasteiger partial charge is 0.341 e. The van der Waals surface area contributed by atoms with Gasteiger partial charge < -0.3 is 9.67 Å². The maximum Gasteiger partial charge on any atom is 0.341 e. The highest BCUT2D eigenvalue weighted by Crippen LogP contribution is 2.06. The van der Waals surface area contributed by atoms with Gasteiger partial charge in [-0.25, -0.2) is 9.18 Å². The number of hydrogen-bond donors (Lipinski definition) is 1. The van der Waals surface area contributed by atoms with Gasteiger partial charge in [0.1, 0.15) is 12.2 Å². The number of carbonyl (C=O) groups is 1. The van der Waals surface area contributed by atoms with E-state index in [1.165, 1.54) is 0 Å². The minimum absolute atomic E-state index is 0.106. The van der Waals surface area contributed by atoms with E-state index >= 15 is 0 Å². The first-order chi connectivity index (χ1) is 6.99. The van der Waals surface area contributed by atoms with Gasteiger partial charge in [-0.3, -0.25) is 4.79 Å². The number of nitrogens with zero attached hydrogens (tertiary/aromatic N) is 1. The molecule has 1 aromatic rings. The Bertz CT molecular complexity index is 451. The highest BCUT2D eigenvalue weighted by molar-refractivity contribution is 5.88. The molecule has 0 atom stereocenters. The summed E-state index contributed by atoms with van der Waals surface area (Å²) in [4.78, 5) is 22.5. The van der Waals surface area contributed by atoms with Crippen LogP contribution in [-0.4, -0.2) is 22.3 Å². The molecule has 0 radical (unpaired) electrons. The Kier molecular flexibility index (Phi) is 3.24. The number of alkyl halides is 1. The second-order valence-corrected chi connectivity index (χ2v) is 3.29. The molecule has 4 nitrogen and oxygen atoms in total. The maximum absolute atomic E-state index is 12.2. The summed E-state index contributed by atoms with van der Waals surface area (Å²) in [5.74, 6) is -1.27. The Labute approximate surface area is 86.0 Å². The number of hydrogen-bond acceptors (Lipinski definition) is 2. The summed E-state index contributed by atoms with van der Waals surface area (Å²) in [6.45, 7) is 2.40. The summed E-state index contributed by atoms with van der Waals surface area (Å²) in [5, 5.41) is 8.82. The normalized spacial score (nSPS) is 10.3. The number of rotatable bonds is 3. The number of halogens is 1. The molecule has 0 aliphatic rings. The first-order valence-electron chi connectivity index (χ1n) is 4.49. The van der Waals surface area contributed by atoms with Crippen molar-refractivity contribution >= 4 is 5.97 Å². The second kappa shape index (κ2) is 4.25. The van der Waals surface area contributed by atoms with Gasteiger partial charge in [0.25, 0.3) is 5.56 Å². The van der Waals surface area contributed by atoms with E-state index in [1.54, 1.807) is 19.9 Å². The molecule has 0 saturated heterocycles. The zero-order chi connectivity index (χ0) is 11.6. The van der Waals surface area contributed by atoms with Gasteiger partial charge in [-0.05, 0) is 25.5 Å². The van der Waals surface area contributed by atoms with E-state index < -0.39 is 18.2 Å². The Morgan fingerprint density at radius 2 is 2.13 bits per heavy atom. The third-order valence-electron chi connectivity index (χ3n) is 2.23. The third-order valence-corrected chi connectivity index (χ3v) is 2.23. The lowest BCUT2D eigenvalue weighted by molar-refractivity contribution is 0.0693. The molecule has 0 aromatic carbocycles. The van der Waals surface area contributed by atoms with E-state index in [0.29, 0.717) is 11.3 Å². The number of aromatic carboxylic acids is 1. The molecule has 1 N–H and O–H groups in total. The average Bonchev–Trinajstić information content (AvgIpc) is 2.11. The van der Waals surface area contributed by atoms with Crippen LogP contribution in [0.5, 0.6) is 0 Å². The molecular weight excluding hydrogens is 201 g/mol. The molecule has 5 heteroatoms. The van der Waals surface area contributed by atoms with Crippen molar-refractivity contribution in [3.63, 3.8) is 0 Å². The van der Waals surface area contributed by atoms with Crippen molar-refractivity contribution < 1.29 is 14.3 Å². The van der Waals surface area contributed by atoms with Crippen molar-refractivity contribution in [2.24, 2.45) is 0 Å². The molecule has 0 fully saturated rings. The molecule has 0 unspecified atom stereocenters. The zero-order valence-corrected chi connectivity index (χ0v) is 8.58. The van der Waals surface area contributed by atoms with Crippen LogP contribution < -0.4 is 5.56 Å². The number of aryl methyl sites for hydroxylation is 2. The van der Waals surface area contributed by atoms with Crippen LogP contribution in [0.3, 0.4) is 0 Å². The van der Waals surface area contributed by atoms with Crippen molar-refractivity contribution in [3.8, 4) is 0 Å². The number of pyridine rings is 1. The van der Waals surface area contributed by atoms with Crippen LogP contribution in [0.4, 0.5) is 4.39 Å². The van der Waals surface area contributed by atoms with Crippen LogP contribution in [0.15, 0.2) is 10.9 Å². The summed E-state index contributed by atoms with van der Waals surface area (Å²) in [7, 11) is 0. The van der Waals surface area contributed by atoms with Crippen LogP contribution >= 0.6 is 0 Å². The van der Waals surface area contributed by atoms with E-state index in [9.17, 15) is 14.0 Å². The largest absolute Gasteiger partial charge is 0.477 e. The summed E-state index contributed by atoms with van der Waals surface area (Å²) in [5.41, 5.74) is 0.0481. The number of carboxylic acids is 1. The molecule has 0 aliphatic heterocycles. The Balaban J connectivity index is 3.49. The van der Waals surface area contributed by atoms with E-state index in [0.717, 1.165) is 4.57 Å². The zero-order valence-electron chi connectivity index (χ0n) is 8.58. The predicted molar refractivity (Wildman–Crippen MR) is 53.1 cm³/mol. The summed E-state index contributed by atoms with van der Waals surface area (Å²) in [6, 6.07) is 1.57. The summed E-state index contributed by atoms with van der Waals surface area (Å²) in [6.07, 6.45) is 0. The maximum atomic E-state index is 12.2. The molecule has 82 valence electrons. The Morgan fingerprint density at radius 3 is 2.60 bits per heavy atom. The molecule has 0 saturated carbocycles. The molecule has 0 amide bonds. The first kappa shape index (κ1) is 11.4. The first-order valence-corrected chi connectivity index (χ1v) is 4.49. The molecule has 1 rings (SSSR count). The Hall–Kier alpha value is -1.65. The fraction of sp³-hybridized carbons (Fsp3) is 0.400. The highest BCUT2D eigenvalue weighted by Gasteiger charge is 2.15. The molecule has 0 aliphatic carbocycles. The molecule has 0 bridgehead atoms. The molecule has 1 heterocycles. The van der Waals surface area contributed by atoms with Crippen molar-refractivity contribution in [1.29, 1.82) is 0 Å². The van der Waals surface area contributed by atoms with Crippen molar-refractivity contribution in [1.82, 2.24) is 4.57 Å². The lowest BCUT2D eigenvalue weighted by atomic mass is 10.1. The quantitative estimate of drug-likeness (QED) is 0.818. The van der Waals surface area contributed by atoms with Crippen molar-refractivity contribution in [2.75, 3.05) is 6.67 Å². The monoisotopic (exact) mass is 213 g/mol. The number of carboxylic acid groups (broad SMARTS) is 1. The minimum Gasteiger partial charge on any atom is -0.477 e. The van der Waals surface area contributed by atoms with Gasteiger partial charge >= 0.3 is 5.97 Å². The van der Waals surface area contributed by atoms with E-state index in [2.05, 4.69) is 0 Å². The van der Waals surface area contributed by atoms with E-state index in [-0.39, 0.29) is 12.1 Å². The topological polar surface area (TPSA) is 59.3 Å². The number of aromatic nitrogens is 1. The van der Waals surface area contributed by atoms with Crippen LogP contribution in [0, 0.1) is 13.8 Å². The van der Waals surface area contributed by atoms with Gasteiger partial charge in [0.2, 0.25) is 0 Å².